The zero-order chi connectivity index (χ0) is 26.3. The van der Waals surface area contributed by atoms with E-state index in [9.17, 15) is 9.59 Å². The number of rotatable bonds is 5. The van der Waals surface area contributed by atoms with Crippen molar-refractivity contribution in [2.75, 3.05) is 23.3 Å². The predicted octanol–water partition coefficient (Wildman–Crippen LogP) is 6.86. The van der Waals surface area contributed by atoms with Gasteiger partial charge in [-0.1, -0.05) is 32.0 Å². The van der Waals surface area contributed by atoms with Crippen LogP contribution in [0.5, 0.6) is 0 Å². The Balaban J connectivity index is 1.70. The highest BCUT2D eigenvalue weighted by Crippen LogP contribution is 2.35. The molecule has 0 amide bonds. The average molecular weight is 491 g/mol. The molecular formula is C30H38N2O4. The number of anilines is 2. The third kappa shape index (κ3) is 5.75. The highest BCUT2D eigenvalue weighted by Gasteiger charge is 2.27. The van der Waals surface area contributed by atoms with Gasteiger partial charge in [0.1, 0.15) is 11.2 Å². The summed E-state index contributed by atoms with van der Waals surface area (Å²) in [5.74, 6) is 0.239. The zero-order valence-corrected chi connectivity index (χ0v) is 22.5. The van der Waals surface area contributed by atoms with E-state index in [1.807, 2.05) is 65.0 Å². The predicted molar refractivity (Wildman–Crippen MR) is 146 cm³/mol. The number of nitrogens with one attached hydrogen (secondary N) is 1. The number of nitrogens with zero attached hydrogens (tertiary/aromatic N) is 1. The first-order chi connectivity index (χ1) is 16.8. The first kappa shape index (κ1) is 25.8. The van der Waals surface area contributed by atoms with E-state index in [1.165, 1.54) is 0 Å². The number of hydrogen-bond donors (Lipinski definition) is 1. The molecule has 1 aliphatic rings. The molecule has 2 aromatic carbocycles. The van der Waals surface area contributed by atoms with Gasteiger partial charge >= 0.3 is 5.97 Å². The lowest BCUT2D eigenvalue weighted by molar-refractivity contribution is 0.00706. The maximum atomic E-state index is 13.2. The fourth-order valence-electron chi connectivity index (χ4n) is 4.66. The Morgan fingerprint density at radius 1 is 1.11 bits per heavy atom. The molecule has 2 heterocycles. The molecule has 1 aliphatic heterocycles. The molecule has 0 unspecified atom stereocenters. The topological polar surface area (TPSA) is 71.8 Å². The lowest BCUT2D eigenvalue weighted by Gasteiger charge is -2.37. The summed E-state index contributed by atoms with van der Waals surface area (Å²) in [4.78, 5) is 28.2. The number of esters is 1. The summed E-state index contributed by atoms with van der Waals surface area (Å²) in [5, 5.41) is 4.04. The Bertz CT molecular complexity index is 1320. The van der Waals surface area contributed by atoms with Crippen molar-refractivity contribution in [3.63, 3.8) is 0 Å². The molecule has 1 aromatic heterocycles. The second kappa shape index (κ2) is 9.64. The van der Waals surface area contributed by atoms with E-state index in [2.05, 4.69) is 24.1 Å². The zero-order valence-electron chi connectivity index (χ0n) is 22.5. The minimum absolute atomic E-state index is 0.0395. The van der Waals surface area contributed by atoms with E-state index in [1.54, 1.807) is 12.1 Å². The number of benzene rings is 2. The van der Waals surface area contributed by atoms with E-state index in [0.717, 1.165) is 37.1 Å². The van der Waals surface area contributed by atoms with Gasteiger partial charge in [0.2, 0.25) is 0 Å². The van der Waals surface area contributed by atoms with E-state index >= 15 is 0 Å². The molecule has 1 N–H and O–H groups in total. The van der Waals surface area contributed by atoms with Crippen molar-refractivity contribution >= 4 is 28.5 Å². The van der Waals surface area contributed by atoms with E-state index < -0.39 is 5.60 Å². The summed E-state index contributed by atoms with van der Waals surface area (Å²) < 4.78 is 12.0. The van der Waals surface area contributed by atoms with Crippen molar-refractivity contribution in [3.05, 3.63) is 69.4 Å². The number of fused-ring (bicyclic) bond motifs is 1. The van der Waals surface area contributed by atoms with Crippen LogP contribution in [-0.2, 0) is 4.74 Å². The number of ether oxygens (including phenoxy) is 1. The highest BCUT2D eigenvalue weighted by atomic mass is 16.6. The van der Waals surface area contributed by atoms with Crippen molar-refractivity contribution in [3.8, 4) is 0 Å². The molecule has 0 bridgehead atoms. The van der Waals surface area contributed by atoms with Gasteiger partial charge in [-0.15, -0.1) is 0 Å². The Morgan fingerprint density at radius 3 is 2.44 bits per heavy atom. The van der Waals surface area contributed by atoms with Gasteiger partial charge in [0.25, 0.3) is 0 Å². The molecule has 6 heteroatoms. The van der Waals surface area contributed by atoms with Gasteiger partial charge < -0.3 is 19.4 Å². The summed E-state index contributed by atoms with van der Waals surface area (Å²) >= 11 is 0. The van der Waals surface area contributed by atoms with Gasteiger partial charge in [0, 0.05) is 30.4 Å². The molecular weight excluding hydrogens is 452 g/mol. The van der Waals surface area contributed by atoms with Gasteiger partial charge in [-0.3, -0.25) is 4.79 Å². The molecule has 0 saturated carbocycles. The maximum absolute atomic E-state index is 13.2. The van der Waals surface area contributed by atoms with Gasteiger partial charge in [-0.2, -0.15) is 0 Å². The van der Waals surface area contributed by atoms with Crippen LogP contribution in [0.3, 0.4) is 0 Å². The van der Waals surface area contributed by atoms with Crippen LogP contribution in [0.25, 0.3) is 11.0 Å². The Morgan fingerprint density at radius 2 is 1.78 bits per heavy atom. The van der Waals surface area contributed by atoms with Gasteiger partial charge in [0.15, 0.2) is 11.3 Å². The number of carbonyl (C=O) groups excluding carboxylic acids is 1. The fraction of sp³-hybridized carbons (Fsp3) is 0.467. The molecule has 0 radical (unpaired) electrons. The van der Waals surface area contributed by atoms with Crippen molar-refractivity contribution in [1.82, 2.24) is 0 Å². The standard InChI is InChI=1S/C30H38N2O4/c1-19-16-22(20(2)31-24-11-9-8-10-21(24)28(34)36-29(3,4)5)27-23(17-19)25(33)18-26(35-27)32-14-12-30(6,7)13-15-32/h8-11,16-18,20,31H,12-15H2,1-7H3/t20-/m1/s1. The van der Waals surface area contributed by atoms with Crippen LogP contribution in [0.4, 0.5) is 11.6 Å². The summed E-state index contributed by atoms with van der Waals surface area (Å²) in [7, 11) is 0. The van der Waals surface area contributed by atoms with Crippen LogP contribution in [0.1, 0.15) is 81.9 Å². The molecule has 4 rings (SSSR count). The summed E-state index contributed by atoms with van der Waals surface area (Å²) in [6, 6.07) is 12.7. The molecule has 36 heavy (non-hydrogen) atoms. The number of piperidine rings is 1. The van der Waals surface area contributed by atoms with Crippen LogP contribution < -0.4 is 15.6 Å². The molecule has 1 saturated heterocycles. The molecule has 192 valence electrons. The first-order valence-corrected chi connectivity index (χ1v) is 12.8. The van der Waals surface area contributed by atoms with Crippen LogP contribution in [0.15, 0.2) is 51.7 Å². The van der Waals surface area contributed by atoms with Crippen molar-refractivity contribution in [2.24, 2.45) is 5.41 Å². The minimum Gasteiger partial charge on any atom is -0.456 e. The first-order valence-electron chi connectivity index (χ1n) is 12.8. The van der Waals surface area contributed by atoms with Crippen LogP contribution in [0, 0.1) is 12.3 Å². The summed E-state index contributed by atoms with van der Waals surface area (Å²) in [6.45, 7) is 15.8. The second-order valence-electron chi connectivity index (χ2n) is 11.7. The van der Waals surface area contributed by atoms with Crippen LogP contribution >= 0.6 is 0 Å². The summed E-state index contributed by atoms with van der Waals surface area (Å²) in [6.07, 6.45) is 2.10. The quantitative estimate of drug-likeness (QED) is 0.394. The third-order valence-corrected chi connectivity index (χ3v) is 6.80. The molecule has 0 spiro atoms. The fourth-order valence-corrected chi connectivity index (χ4v) is 4.66. The summed E-state index contributed by atoms with van der Waals surface area (Å²) in [5.41, 5.74) is 3.25. The van der Waals surface area contributed by atoms with Crippen molar-refractivity contribution in [1.29, 1.82) is 0 Å². The number of carbonyl (C=O) groups is 1. The van der Waals surface area contributed by atoms with E-state index in [-0.39, 0.29) is 17.4 Å². The molecule has 1 atom stereocenters. The van der Waals surface area contributed by atoms with Gasteiger partial charge in [-0.25, -0.2) is 4.79 Å². The second-order valence-corrected chi connectivity index (χ2v) is 11.7. The monoisotopic (exact) mass is 490 g/mol. The normalized spacial score (nSPS) is 16.6. The highest BCUT2D eigenvalue weighted by molar-refractivity contribution is 5.96. The van der Waals surface area contributed by atoms with Crippen molar-refractivity contribution < 1.29 is 13.9 Å². The lowest BCUT2D eigenvalue weighted by Crippen LogP contribution is -2.37. The van der Waals surface area contributed by atoms with Crippen LogP contribution in [0.2, 0.25) is 0 Å². The van der Waals surface area contributed by atoms with Gasteiger partial charge in [0.05, 0.1) is 17.0 Å². The molecule has 6 nitrogen and oxygen atoms in total. The minimum atomic E-state index is -0.591. The maximum Gasteiger partial charge on any atom is 0.340 e. The van der Waals surface area contributed by atoms with E-state index in [0.29, 0.717) is 33.5 Å². The Labute approximate surface area is 213 Å². The SMILES string of the molecule is Cc1cc([C@@H](C)Nc2ccccc2C(=O)OC(C)(C)C)c2oc(N3CCC(C)(C)CC3)cc(=O)c2c1. The lowest BCUT2D eigenvalue weighted by atomic mass is 9.83. The number of hydrogen-bond acceptors (Lipinski definition) is 6. The van der Waals surface area contributed by atoms with Crippen LogP contribution in [-0.4, -0.2) is 24.7 Å². The smallest absolute Gasteiger partial charge is 0.340 e. The third-order valence-electron chi connectivity index (χ3n) is 6.80. The Kier molecular flexibility index (Phi) is 6.91. The van der Waals surface area contributed by atoms with Gasteiger partial charge in [-0.05, 0) is 76.6 Å². The largest absolute Gasteiger partial charge is 0.456 e. The van der Waals surface area contributed by atoms with E-state index in [4.69, 9.17) is 9.15 Å². The molecule has 1 fully saturated rings. The molecule has 3 aromatic rings. The average Bonchev–Trinajstić information content (AvgIpc) is 2.78. The number of para-hydroxylation sites is 1. The van der Waals surface area contributed by atoms with Crippen molar-refractivity contribution in [2.45, 2.75) is 73.0 Å². The Hall–Kier alpha value is -3.28. The number of aryl methyl sites for hydroxylation is 1. The molecule has 0 aliphatic carbocycles.